The minimum atomic E-state index is 0.270. The Morgan fingerprint density at radius 2 is 2.04 bits per heavy atom. The third-order valence-electron chi connectivity index (χ3n) is 5.65. The molecule has 6 heteroatoms. The second kappa shape index (κ2) is 8.67. The van der Waals surface area contributed by atoms with Crippen LogP contribution in [-0.4, -0.2) is 77.2 Å². The molecule has 2 saturated heterocycles. The van der Waals surface area contributed by atoms with Crippen molar-refractivity contribution in [3.63, 3.8) is 0 Å². The smallest absolute Gasteiger partial charge is 0.227 e. The molecule has 4 rings (SSSR count). The van der Waals surface area contributed by atoms with E-state index in [-0.39, 0.29) is 5.91 Å². The van der Waals surface area contributed by atoms with Crippen LogP contribution in [0.4, 0.5) is 0 Å². The fourth-order valence-electron chi connectivity index (χ4n) is 4.22. The number of fused-ring (bicyclic) bond motifs is 1. The van der Waals surface area contributed by atoms with Crippen molar-refractivity contribution in [2.75, 3.05) is 50.9 Å². The van der Waals surface area contributed by atoms with E-state index in [0.29, 0.717) is 12.5 Å². The van der Waals surface area contributed by atoms with Crippen molar-refractivity contribution in [1.29, 1.82) is 0 Å². The normalized spacial score (nSPS) is 22.1. The van der Waals surface area contributed by atoms with E-state index in [1.165, 1.54) is 10.9 Å². The molecule has 0 aliphatic carbocycles. The molecule has 0 saturated carbocycles. The van der Waals surface area contributed by atoms with Gasteiger partial charge in [-0.3, -0.25) is 9.69 Å². The van der Waals surface area contributed by atoms with Gasteiger partial charge in [0, 0.05) is 56.1 Å². The summed E-state index contributed by atoms with van der Waals surface area (Å²) in [5.74, 6) is 2.46. The van der Waals surface area contributed by atoms with Gasteiger partial charge in [-0.2, -0.15) is 11.8 Å². The highest BCUT2D eigenvalue weighted by atomic mass is 32.2. The van der Waals surface area contributed by atoms with Crippen molar-refractivity contribution in [3.8, 4) is 0 Å². The summed E-state index contributed by atoms with van der Waals surface area (Å²) in [5, 5.41) is 1.20. The van der Waals surface area contributed by atoms with Crippen LogP contribution in [0.15, 0.2) is 30.5 Å². The number of thioether (sulfide) groups is 1. The van der Waals surface area contributed by atoms with Gasteiger partial charge in [0.25, 0.3) is 0 Å². The van der Waals surface area contributed by atoms with Crippen LogP contribution in [0.2, 0.25) is 0 Å². The highest BCUT2D eigenvalue weighted by molar-refractivity contribution is 7.99. The zero-order chi connectivity index (χ0) is 18.6. The second-order valence-corrected chi connectivity index (χ2v) is 8.69. The van der Waals surface area contributed by atoms with Crippen molar-refractivity contribution in [2.45, 2.75) is 18.9 Å². The van der Waals surface area contributed by atoms with E-state index in [0.717, 1.165) is 62.9 Å². The second-order valence-electron chi connectivity index (χ2n) is 7.54. The van der Waals surface area contributed by atoms with Crippen LogP contribution in [0.5, 0.6) is 0 Å². The molecule has 1 atom stereocenters. The number of rotatable bonds is 4. The van der Waals surface area contributed by atoms with Crippen LogP contribution in [0.25, 0.3) is 10.9 Å². The molecule has 0 spiro atoms. The number of carbonyl (C=O) groups excluding carboxylic acids is 1. The van der Waals surface area contributed by atoms with Gasteiger partial charge in [0.2, 0.25) is 5.91 Å². The van der Waals surface area contributed by atoms with Gasteiger partial charge in [-0.25, -0.2) is 0 Å². The summed E-state index contributed by atoms with van der Waals surface area (Å²) >= 11 is 1.99. The van der Waals surface area contributed by atoms with Gasteiger partial charge in [0.05, 0.1) is 25.7 Å². The molecule has 27 heavy (non-hydrogen) atoms. The minimum Gasteiger partial charge on any atom is -0.379 e. The largest absolute Gasteiger partial charge is 0.379 e. The van der Waals surface area contributed by atoms with E-state index in [9.17, 15) is 4.79 Å². The summed E-state index contributed by atoms with van der Waals surface area (Å²) in [6.45, 7) is 5.43. The monoisotopic (exact) mass is 387 g/mol. The van der Waals surface area contributed by atoms with Crippen LogP contribution in [0.3, 0.4) is 0 Å². The van der Waals surface area contributed by atoms with Crippen molar-refractivity contribution < 1.29 is 9.53 Å². The predicted molar refractivity (Wildman–Crippen MR) is 111 cm³/mol. The predicted octanol–water partition coefficient (Wildman–Crippen LogP) is 2.39. The molecule has 0 radical (unpaired) electrons. The SMILES string of the molecule is Cn1cc(CC(=O)N2CCCSCC2CN2CCOCC2)c2ccccc21. The Labute approximate surface area is 165 Å². The molecule has 2 fully saturated rings. The Hall–Kier alpha value is -1.50. The van der Waals surface area contributed by atoms with Gasteiger partial charge >= 0.3 is 0 Å². The average molecular weight is 388 g/mol. The third-order valence-corrected chi connectivity index (χ3v) is 6.85. The lowest BCUT2D eigenvalue weighted by Gasteiger charge is -2.35. The number of hydrogen-bond acceptors (Lipinski definition) is 4. The Kier molecular flexibility index (Phi) is 6.05. The Balaban J connectivity index is 1.50. The molecule has 0 N–H and O–H groups in total. The molecule has 2 aromatic rings. The molecule has 1 aromatic heterocycles. The number of benzene rings is 1. The van der Waals surface area contributed by atoms with Crippen LogP contribution in [0, 0.1) is 0 Å². The summed E-state index contributed by atoms with van der Waals surface area (Å²) in [6.07, 6.45) is 3.70. The van der Waals surface area contributed by atoms with Gasteiger partial charge in [-0.15, -0.1) is 0 Å². The number of aromatic nitrogens is 1. The lowest BCUT2D eigenvalue weighted by molar-refractivity contribution is -0.132. The summed E-state index contributed by atoms with van der Waals surface area (Å²) in [7, 11) is 2.06. The number of morpholine rings is 1. The quantitative estimate of drug-likeness (QED) is 0.807. The summed E-state index contributed by atoms with van der Waals surface area (Å²) in [5.41, 5.74) is 2.33. The fraction of sp³-hybridized carbons (Fsp3) is 0.571. The molecule has 2 aliphatic heterocycles. The van der Waals surface area contributed by atoms with E-state index in [1.807, 2.05) is 11.8 Å². The minimum absolute atomic E-state index is 0.270. The van der Waals surface area contributed by atoms with Crippen LogP contribution < -0.4 is 0 Å². The molecular weight excluding hydrogens is 358 g/mol. The molecule has 2 aliphatic rings. The third kappa shape index (κ3) is 4.33. The highest BCUT2D eigenvalue weighted by Gasteiger charge is 2.28. The Morgan fingerprint density at radius 3 is 2.89 bits per heavy atom. The first-order valence-electron chi connectivity index (χ1n) is 9.92. The lowest BCUT2D eigenvalue weighted by atomic mass is 10.1. The highest BCUT2D eigenvalue weighted by Crippen LogP contribution is 2.23. The zero-order valence-electron chi connectivity index (χ0n) is 16.1. The van der Waals surface area contributed by atoms with E-state index in [1.54, 1.807) is 0 Å². The summed E-state index contributed by atoms with van der Waals surface area (Å²) < 4.78 is 7.61. The maximum atomic E-state index is 13.3. The Bertz CT molecular complexity index is 785. The van der Waals surface area contributed by atoms with Crippen LogP contribution in [0.1, 0.15) is 12.0 Å². The number of amides is 1. The van der Waals surface area contributed by atoms with Gasteiger partial charge in [-0.05, 0) is 23.8 Å². The van der Waals surface area contributed by atoms with E-state index >= 15 is 0 Å². The summed E-state index contributed by atoms with van der Waals surface area (Å²) in [4.78, 5) is 17.9. The topological polar surface area (TPSA) is 37.7 Å². The van der Waals surface area contributed by atoms with Crippen LogP contribution in [-0.2, 0) is 23.0 Å². The van der Waals surface area contributed by atoms with Crippen molar-refractivity contribution >= 4 is 28.6 Å². The molecule has 1 unspecified atom stereocenters. The molecule has 3 heterocycles. The number of para-hydroxylation sites is 1. The van der Waals surface area contributed by atoms with Gasteiger partial charge in [0.1, 0.15) is 0 Å². The first-order chi connectivity index (χ1) is 13.2. The molecule has 5 nitrogen and oxygen atoms in total. The zero-order valence-corrected chi connectivity index (χ0v) is 16.9. The van der Waals surface area contributed by atoms with Crippen molar-refractivity contribution in [3.05, 3.63) is 36.0 Å². The number of hydrogen-bond donors (Lipinski definition) is 0. The average Bonchev–Trinajstić information content (AvgIpc) is 2.85. The van der Waals surface area contributed by atoms with E-state index in [2.05, 4.69) is 51.9 Å². The van der Waals surface area contributed by atoms with E-state index < -0.39 is 0 Å². The maximum absolute atomic E-state index is 13.3. The Morgan fingerprint density at radius 1 is 1.22 bits per heavy atom. The van der Waals surface area contributed by atoms with E-state index in [4.69, 9.17) is 4.74 Å². The molecule has 0 bridgehead atoms. The van der Waals surface area contributed by atoms with Gasteiger partial charge in [0.15, 0.2) is 0 Å². The summed E-state index contributed by atoms with van der Waals surface area (Å²) in [6, 6.07) is 8.66. The van der Waals surface area contributed by atoms with Crippen LogP contribution >= 0.6 is 11.8 Å². The first-order valence-corrected chi connectivity index (χ1v) is 11.1. The van der Waals surface area contributed by atoms with Crippen molar-refractivity contribution in [1.82, 2.24) is 14.4 Å². The molecule has 146 valence electrons. The molecule has 1 amide bonds. The van der Waals surface area contributed by atoms with Gasteiger partial charge < -0.3 is 14.2 Å². The first kappa shape index (κ1) is 18.8. The fourth-order valence-corrected chi connectivity index (χ4v) is 5.28. The number of carbonyl (C=O) groups is 1. The standard InChI is InChI=1S/C21H29N3O2S/c1-22-14-17(19-5-2-3-6-20(19)22)13-21(25)24-7-4-12-27-16-18(24)15-23-8-10-26-11-9-23/h2-3,5-6,14,18H,4,7-13,15-16H2,1H3. The molecular formula is C21H29N3O2S. The number of nitrogens with zero attached hydrogens (tertiary/aromatic N) is 3. The maximum Gasteiger partial charge on any atom is 0.227 e. The molecule has 1 aromatic carbocycles. The van der Waals surface area contributed by atoms with Crippen molar-refractivity contribution in [2.24, 2.45) is 7.05 Å². The number of ether oxygens (including phenoxy) is 1. The number of aryl methyl sites for hydroxylation is 1. The lowest BCUT2D eigenvalue weighted by Crippen LogP contribution is -2.50. The van der Waals surface area contributed by atoms with Gasteiger partial charge in [-0.1, -0.05) is 18.2 Å².